The van der Waals surface area contributed by atoms with Gasteiger partial charge in [0.2, 0.25) is 0 Å². The van der Waals surface area contributed by atoms with Gasteiger partial charge >= 0.3 is 5.97 Å². The highest BCUT2D eigenvalue weighted by molar-refractivity contribution is 6.31. The number of carbonyl (C=O) groups excluding carboxylic acids is 1. The van der Waals surface area contributed by atoms with Gasteiger partial charge < -0.3 is 10.5 Å². The van der Waals surface area contributed by atoms with Crippen molar-refractivity contribution in [2.75, 3.05) is 5.73 Å². The van der Waals surface area contributed by atoms with Crippen molar-refractivity contribution in [3.63, 3.8) is 0 Å². The molecule has 0 saturated carbocycles. The molecule has 2 N–H and O–H groups in total. The molecule has 0 aliphatic heterocycles. The summed E-state index contributed by atoms with van der Waals surface area (Å²) in [5.41, 5.74) is 7.69. The van der Waals surface area contributed by atoms with Crippen LogP contribution in [-0.2, 0) is 11.3 Å². The maximum absolute atomic E-state index is 13.1. The number of nitrogen functional groups attached to an aromatic ring is 1. The van der Waals surface area contributed by atoms with Crippen LogP contribution in [-0.4, -0.2) is 5.97 Å². The number of hydrogen-bond donors (Lipinski definition) is 1. The quantitative estimate of drug-likeness (QED) is 0.693. The predicted octanol–water partition coefficient (Wildman–Crippen LogP) is 3.73. The van der Waals surface area contributed by atoms with Crippen molar-refractivity contribution in [2.45, 2.75) is 13.5 Å². The lowest BCUT2D eigenvalue weighted by Crippen LogP contribution is -2.09. The van der Waals surface area contributed by atoms with Gasteiger partial charge in [0, 0.05) is 16.3 Å². The number of benzene rings is 2. The molecule has 2 rings (SSSR count). The van der Waals surface area contributed by atoms with Gasteiger partial charge in [-0.3, -0.25) is 0 Å². The van der Waals surface area contributed by atoms with Gasteiger partial charge in [0.15, 0.2) is 0 Å². The summed E-state index contributed by atoms with van der Waals surface area (Å²) in [5.74, 6) is -0.998. The van der Waals surface area contributed by atoms with E-state index in [0.29, 0.717) is 16.3 Å². The van der Waals surface area contributed by atoms with Crippen LogP contribution in [0.3, 0.4) is 0 Å². The first kappa shape index (κ1) is 14.3. The zero-order chi connectivity index (χ0) is 14.7. The number of carbonyl (C=O) groups is 1. The standard InChI is InChI=1S/C15H13ClFNO2/c1-9-3-2-4-12(14(9)18)15(19)20-8-10-7-11(17)5-6-13(10)16/h2-7H,8,18H2,1H3. The molecule has 5 heteroatoms. The van der Waals surface area contributed by atoms with E-state index in [-0.39, 0.29) is 12.2 Å². The molecule has 0 fully saturated rings. The molecular weight excluding hydrogens is 281 g/mol. The van der Waals surface area contributed by atoms with Crippen molar-refractivity contribution >= 4 is 23.3 Å². The number of anilines is 1. The van der Waals surface area contributed by atoms with Crippen molar-refractivity contribution in [1.29, 1.82) is 0 Å². The van der Waals surface area contributed by atoms with E-state index in [0.717, 1.165) is 5.56 Å². The summed E-state index contributed by atoms with van der Waals surface area (Å²) >= 11 is 5.90. The summed E-state index contributed by atoms with van der Waals surface area (Å²) in [5, 5.41) is 0.344. The number of ether oxygens (including phenoxy) is 1. The molecule has 0 unspecified atom stereocenters. The lowest BCUT2D eigenvalue weighted by molar-refractivity contribution is 0.0473. The van der Waals surface area contributed by atoms with Crippen molar-refractivity contribution in [1.82, 2.24) is 0 Å². The van der Waals surface area contributed by atoms with Gasteiger partial charge in [0.05, 0.1) is 5.56 Å². The highest BCUT2D eigenvalue weighted by Crippen LogP contribution is 2.21. The van der Waals surface area contributed by atoms with E-state index in [9.17, 15) is 9.18 Å². The Balaban J connectivity index is 2.13. The maximum Gasteiger partial charge on any atom is 0.340 e. The Bertz CT molecular complexity index is 658. The van der Waals surface area contributed by atoms with Crippen LogP contribution in [0.25, 0.3) is 0 Å². The number of para-hydroxylation sites is 1. The molecule has 3 nitrogen and oxygen atoms in total. The third-order valence-electron chi connectivity index (χ3n) is 2.91. The maximum atomic E-state index is 13.1. The zero-order valence-corrected chi connectivity index (χ0v) is 11.6. The highest BCUT2D eigenvalue weighted by atomic mass is 35.5. The van der Waals surface area contributed by atoms with Crippen LogP contribution in [0.4, 0.5) is 10.1 Å². The van der Waals surface area contributed by atoms with Crippen LogP contribution in [0.1, 0.15) is 21.5 Å². The lowest BCUT2D eigenvalue weighted by atomic mass is 10.1. The Hall–Kier alpha value is -2.07. The second-order valence-corrected chi connectivity index (χ2v) is 4.76. The van der Waals surface area contributed by atoms with Crippen LogP contribution in [0.15, 0.2) is 36.4 Å². The van der Waals surface area contributed by atoms with Gasteiger partial charge in [-0.15, -0.1) is 0 Å². The fraction of sp³-hybridized carbons (Fsp3) is 0.133. The molecule has 0 amide bonds. The molecule has 20 heavy (non-hydrogen) atoms. The van der Waals surface area contributed by atoms with E-state index in [2.05, 4.69) is 0 Å². The van der Waals surface area contributed by atoms with E-state index >= 15 is 0 Å². The van der Waals surface area contributed by atoms with E-state index in [1.54, 1.807) is 25.1 Å². The third-order valence-corrected chi connectivity index (χ3v) is 3.28. The Kier molecular flexibility index (Phi) is 4.25. The smallest absolute Gasteiger partial charge is 0.340 e. The van der Waals surface area contributed by atoms with Crippen LogP contribution < -0.4 is 5.73 Å². The lowest BCUT2D eigenvalue weighted by Gasteiger charge is -2.09. The summed E-state index contributed by atoms with van der Waals surface area (Å²) in [7, 11) is 0. The Labute approximate surface area is 121 Å². The minimum absolute atomic E-state index is 0.108. The molecule has 0 radical (unpaired) electrons. The molecular formula is C15H13ClFNO2. The molecule has 0 spiro atoms. The van der Waals surface area contributed by atoms with Crippen molar-refractivity contribution in [2.24, 2.45) is 0 Å². The van der Waals surface area contributed by atoms with Gasteiger partial charge in [-0.2, -0.15) is 0 Å². The van der Waals surface area contributed by atoms with E-state index < -0.39 is 11.8 Å². The minimum Gasteiger partial charge on any atom is -0.457 e. The molecule has 0 aliphatic carbocycles. The molecule has 0 aliphatic rings. The topological polar surface area (TPSA) is 52.3 Å². The van der Waals surface area contributed by atoms with Crippen LogP contribution in [0, 0.1) is 12.7 Å². The Morgan fingerprint density at radius 2 is 2.10 bits per heavy atom. The average molecular weight is 294 g/mol. The van der Waals surface area contributed by atoms with Crippen LogP contribution in [0.2, 0.25) is 5.02 Å². The predicted molar refractivity (Wildman–Crippen MR) is 76.1 cm³/mol. The minimum atomic E-state index is -0.563. The largest absolute Gasteiger partial charge is 0.457 e. The monoisotopic (exact) mass is 293 g/mol. The number of hydrogen-bond acceptors (Lipinski definition) is 3. The number of halogens is 2. The summed E-state index contributed by atoms with van der Waals surface area (Å²) in [4.78, 5) is 11.9. The summed E-state index contributed by atoms with van der Waals surface area (Å²) < 4.78 is 18.2. The van der Waals surface area contributed by atoms with Gasteiger partial charge in [-0.1, -0.05) is 23.7 Å². The molecule has 104 valence electrons. The fourth-order valence-corrected chi connectivity index (χ4v) is 1.91. The molecule has 2 aromatic rings. The number of esters is 1. The molecule has 0 atom stereocenters. The van der Waals surface area contributed by atoms with Gasteiger partial charge in [-0.25, -0.2) is 9.18 Å². The van der Waals surface area contributed by atoms with E-state index in [1.807, 2.05) is 0 Å². The zero-order valence-electron chi connectivity index (χ0n) is 10.8. The molecule has 0 saturated heterocycles. The fourth-order valence-electron chi connectivity index (χ4n) is 1.73. The molecule has 0 aromatic heterocycles. The third kappa shape index (κ3) is 3.08. The van der Waals surface area contributed by atoms with Gasteiger partial charge in [-0.05, 0) is 36.8 Å². The first-order chi connectivity index (χ1) is 9.49. The Morgan fingerprint density at radius 3 is 2.85 bits per heavy atom. The van der Waals surface area contributed by atoms with Crippen molar-refractivity contribution in [3.05, 3.63) is 63.9 Å². The summed E-state index contributed by atoms with van der Waals surface area (Å²) in [6.45, 7) is 1.69. The van der Waals surface area contributed by atoms with Crippen LogP contribution in [0.5, 0.6) is 0 Å². The van der Waals surface area contributed by atoms with Crippen molar-refractivity contribution in [3.8, 4) is 0 Å². The first-order valence-electron chi connectivity index (χ1n) is 5.95. The second-order valence-electron chi connectivity index (χ2n) is 4.35. The molecule has 0 bridgehead atoms. The second kappa shape index (κ2) is 5.92. The number of aryl methyl sites for hydroxylation is 1. The molecule has 0 heterocycles. The Morgan fingerprint density at radius 1 is 1.35 bits per heavy atom. The van der Waals surface area contributed by atoms with Crippen LogP contribution >= 0.6 is 11.6 Å². The first-order valence-corrected chi connectivity index (χ1v) is 6.33. The molecule has 2 aromatic carbocycles. The highest BCUT2D eigenvalue weighted by Gasteiger charge is 2.13. The normalized spacial score (nSPS) is 10.3. The number of nitrogens with two attached hydrogens (primary N) is 1. The van der Waals surface area contributed by atoms with E-state index in [1.165, 1.54) is 18.2 Å². The van der Waals surface area contributed by atoms with Gasteiger partial charge in [0.25, 0.3) is 0 Å². The summed E-state index contributed by atoms with van der Waals surface area (Å²) in [6.07, 6.45) is 0. The summed E-state index contributed by atoms with van der Waals surface area (Å²) in [6, 6.07) is 8.99. The van der Waals surface area contributed by atoms with E-state index in [4.69, 9.17) is 22.1 Å². The van der Waals surface area contributed by atoms with Gasteiger partial charge in [0.1, 0.15) is 12.4 Å². The SMILES string of the molecule is Cc1cccc(C(=O)OCc2cc(F)ccc2Cl)c1N. The average Bonchev–Trinajstić information content (AvgIpc) is 2.42. The number of rotatable bonds is 3. The van der Waals surface area contributed by atoms with Crippen molar-refractivity contribution < 1.29 is 13.9 Å².